The van der Waals surface area contributed by atoms with Crippen molar-refractivity contribution in [2.75, 3.05) is 27.7 Å². The molecule has 0 bridgehead atoms. The largest absolute Gasteiger partial charge is 0.496 e. The molecule has 2 aromatic rings. The summed E-state index contributed by atoms with van der Waals surface area (Å²) in [6, 6.07) is 10.6. The molecule has 2 N–H and O–H groups in total. The van der Waals surface area contributed by atoms with Crippen LogP contribution in [0, 0.1) is 0 Å². The number of carbonyl (C=O) groups excluding carboxylic acids is 3. The molecule has 184 valence electrons. The first-order valence-corrected chi connectivity index (χ1v) is 11.9. The molecule has 13 heteroatoms. The number of amidine groups is 1. The highest BCUT2D eigenvalue weighted by atomic mass is 32.3. The second kappa shape index (κ2) is 9.64. The summed E-state index contributed by atoms with van der Waals surface area (Å²) in [6.45, 7) is 0.382. The highest BCUT2D eigenvalue weighted by Crippen LogP contribution is 2.62. The van der Waals surface area contributed by atoms with Crippen LogP contribution in [0.5, 0.6) is 5.75 Å². The summed E-state index contributed by atoms with van der Waals surface area (Å²) in [5, 5.41) is 2.62. The van der Waals surface area contributed by atoms with Crippen molar-refractivity contribution in [3.8, 4) is 5.75 Å². The van der Waals surface area contributed by atoms with Crippen LogP contribution >= 0.6 is 10.6 Å². The zero-order chi connectivity index (χ0) is 25.2. The lowest BCUT2D eigenvalue weighted by molar-refractivity contribution is -0.150. The van der Waals surface area contributed by atoms with Crippen molar-refractivity contribution in [1.29, 1.82) is 0 Å². The predicted octanol–water partition coefficient (Wildman–Crippen LogP) is 1.84. The van der Waals surface area contributed by atoms with E-state index in [4.69, 9.17) is 23.4 Å². The maximum atomic E-state index is 12.1. The molecule has 0 atom stereocenters. The highest BCUT2D eigenvalue weighted by molar-refractivity contribution is 8.41. The minimum absolute atomic E-state index is 0.0590. The Morgan fingerprint density at radius 2 is 1.89 bits per heavy atom. The van der Waals surface area contributed by atoms with E-state index in [0.29, 0.717) is 13.0 Å². The number of benzene rings is 1. The van der Waals surface area contributed by atoms with Crippen molar-refractivity contribution in [1.82, 2.24) is 9.91 Å². The average molecular weight is 502 g/mol. The number of hydrogen-bond acceptors (Lipinski definition) is 10. The molecule has 2 aliphatic rings. The summed E-state index contributed by atoms with van der Waals surface area (Å²) in [6.07, 6.45) is 1.86. The van der Waals surface area contributed by atoms with Gasteiger partial charge in [0.1, 0.15) is 17.8 Å². The molecular formula is C22H23N5O7S. The lowest BCUT2D eigenvalue weighted by Gasteiger charge is -2.26. The van der Waals surface area contributed by atoms with Crippen molar-refractivity contribution < 1.29 is 31.9 Å². The standard InChI is InChI=1S/C22H23N5O7S/c1-26(2)19(28)18-9-8-17(32-18)15-12-35(33-20(29)21(30)34-35)22(25-15)24-13-27(23)11-10-14-6-4-5-7-16(14)31-3/h4-9,12-13H,10-11,23H2,1-3H3/b24-13+. The van der Waals surface area contributed by atoms with Gasteiger partial charge < -0.3 is 27.4 Å². The van der Waals surface area contributed by atoms with E-state index in [1.165, 1.54) is 33.8 Å². The van der Waals surface area contributed by atoms with Gasteiger partial charge in [-0.15, -0.1) is 0 Å². The van der Waals surface area contributed by atoms with Crippen molar-refractivity contribution in [3.05, 3.63) is 58.9 Å². The van der Waals surface area contributed by atoms with Crippen molar-refractivity contribution in [2.24, 2.45) is 15.8 Å². The zero-order valence-corrected chi connectivity index (χ0v) is 20.0. The van der Waals surface area contributed by atoms with Gasteiger partial charge >= 0.3 is 11.9 Å². The summed E-state index contributed by atoms with van der Waals surface area (Å²) in [5.41, 5.74) is 1.16. The Bertz CT molecular complexity index is 1250. The first kappa shape index (κ1) is 24.0. The fourth-order valence-corrected chi connectivity index (χ4v) is 5.04. The minimum atomic E-state index is -3.03. The number of amides is 1. The molecule has 1 fully saturated rings. The van der Waals surface area contributed by atoms with Crippen LogP contribution in [0.25, 0.3) is 5.70 Å². The Labute approximate surface area is 202 Å². The number of nitrogens with two attached hydrogens (primary N) is 1. The number of carbonyl (C=O) groups is 3. The number of aliphatic imine (C=N–C) groups is 2. The van der Waals surface area contributed by atoms with Gasteiger partial charge in [0.25, 0.3) is 11.1 Å². The summed E-state index contributed by atoms with van der Waals surface area (Å²) in [5.74, 6) is 4.45. The fraction of sp³-hybridized carbons (Fsp3) is 0.227. The van der Waals surface area contributed by atoms with Crippen LogP contribution in [0.15, 0.2) is 56.2 Å². The first-order valence-electron chi connectivity index (χ1n) is 10.3. The van der Waals surface area contributed by atoms with Crippen LogP contribution in [-0.2, 0) is 24.4 Å². The minimum Gasteiger partial charge on any atom is -0.496 e. The topological polar surface area (TPSA) is 149 Å². The van der Waals surface area contributed by atoms with Crippen LogP contribution in [0.4, 0.5) is 0 Å². The maximum absolute atomic E-state index is 12.1. The molecule has 1 saturated heterocycles. The predicted molar refractivity (Wildman–Crippen MR) is 128 cm³/mol. The smallest absolute Gasteiger partial charge is 0.442 e. The van der Waals surface area contributed by atoms with Crippen molar-refractivity contribution in [2.45, 2.75) is 6.42 Å². The van der Waals surface area contributed by atoms with Gasteiger partial charge in [0.15, 0.2) is 11.5 Å². The van der Waals surface area contributed by atoms with E-state index < -0.39 is 22.5 Å². The molecule has 2 aliphatic heterocycles. The van der Waals surface area contributed by atoms with E-state index in [2.05, 4.69) is 9.98 Å². The Hall–Kier alpha value is -4.10. The molecular weight excluding hydrogens is 478 g/mol. The van der Waals surface area contributed by atoms with Gasteiger partial charge in [-0.05, 0) is 40.8 Å². The lowest BCUT2D eigenvalue weighted by Crippen LogP contribution is -2.32. The van der Waals surface area contributed by atoms with Crippen LogP contribution < -0.4 is 10.6 Å². The number of furan rings is 1. The molecule has 1 amide bonds. The third-order valence-electron chi connectivity index (χ3n) is 4.93. The van der Waals surface area contributed by atoms with E-state index in [9.17, 15) is 14.4 Å². The van der Waals surface area contributed by atoms with Crippen molar-refractivity contribution >= 4 is 45.6 Å². The van der Waals surface area contributed by atoms with Gasteiger partial charge in [0.2, 0.25) is 0 Å². The number of hydrogen-bond donors (Lipinski definition) is 1. The molecule has 1 aromatic heterocycles. The molecule has 3 heterocycles. The number of hydrazine groups is 1. The molecule has 12 nitrogen and oxygen atoms in total. The number of para-hydroxylation sites is 1. The Balaban J connectivity index is 1.54. The van der Waals surface area contributed by atoms with E-state index in [1.807, 2.05) is 24.3 Å². The quantitative estimate of drug-likeness (QED) is 0.197. The molecule has 4 rings (SSSR count). The third-order valence-corrected chi connectivity index (χ3v) is 6.96. The van der Waals surface area contributed by atoms with Crippen LogP contribution in [-0.4, -0.2) is 67.0 Å². The number of rotatable bonds is 7. The number of ether oxygens (including phenoxy) is 1. The molecule has 0 radical (unpaired) electrons. The third kappa shape index (κ3) is 4.90. The van der Waals surface area contributed by atoms with E-state index in [-0.39, 0.29) is 28.3 Å². The van der Waals surface area contributed by atoms with Gasteiger partial charge in [-0.3, -0.25) is 4.79 Å². The Kier molecular flexibility index (Phi) is 6.62. The molecule has 0 unspecified atom stereocenters. The zero-order valence-electron chi connectivity index (χ0n) is 19.2. The molecule has 1 spiro atoms. The number of nitrogens with zero attached hydrogens (tertiary/aromatic N) is 4. The Morgan fingerprint density at radius 1 is 1.17 bits per heavy atom. The van der Waals surface area contributed by atoms with E-state index >= 15 is 0 Å². The molecule has 0 saturated carbocycles. The van der Waals surface area contributed by atoms with Gasteiger partial charge in [0, 0.05) is 20.6 Å². The van der Waals surface area contributed by atoms with Crippen LogP contribution in [0.3, 0.4) is 0 Å². The fourth-order valence-electron chi connectivity index (χ4n) is 3.19. The van der Waals surface area contributed by atoms with Gasteiger partial charge in [0.05, 0.1) is 12.5 Å². The average Bonchev–Trinajstić information content (AvgIpc) is 3.53. The van der Waals surface area contributed by atoms with E-state index in [0.717, 1.165) is 11.3 Å². The van der Waals surface area contributed by atoms with Gasteiger partial charge in [-0.25, -0.2) is 25.4 Å². The van der Waals surface area contributed by atoms with Gasteiger partial charge in [-0.1, -0.05) is 18.2 Å². The van der Waals surface area contributed by atoms with Gasteiger partial charge in [-0.2, -0.15) is 0 Å². The maximum Gasteiger partial charge on any atom is 0.442 e. The summed E-state index contributed by atoms with van der Waals surface area (Å²) in [7, 11) is 1.74. The first-order chi connectivity index (χ1) is 16.7. The van der Waals surface area contributed by atoms with Crippen LogP contribution in [0.2, 0.25) is 0 Å². The normalized spacial score (nSPS) is 17.1. The SMILES string of the molecule is COc1ccccc1CCN(N)/C=N/C1=NC(c2ccc(C(=O)N(C)C)o2)=CS12OC(=O)C(=O)O2. The molecule has 35 heavy (non-hydrogen) atoms. The summed E-state index contributed by atoms with van der Waals surface area (Å²) in [4.78, 5) is 45.7. The van der Waals surface area contributed by atoms with Crippen molar-refractivity contribution in [3.63, 3.8) is 0 Å². The lowest BCUT2D eigenvalue weighted by atomic mass is 10.1. The molecule has 0 aliphatic carbocycles. The second-order valence-electron chi connectivity index (χ2n) is 7.59. The summed E-state index contributed by atoms with van der Waals surface area (Å²) < 4.78 is 21.4. The second-order valence-corrected chi connectivity index (χ2v) is 9.62. The molecule has 1 aromatic carbocycles. The van der Waals surface area contributed by atoms with E-state index in [1.54, 1.807) is 21.2 Å². The summed E-state index contributed by atoms with van der Waals surface area (Å²) >= 11 is 0. The number of methoxy groups -OCH3 is 1. The van der Waals surface area contributed by atoms with Crippen LogP contribution in [0.1, 0.15) is 21.9 Å². The Morgan fingerprint density at radius 3 is 2.57 bits per heavy atom. The highest BCUT2D eigenvalue weighted by Gasteiger charge is 2.48. The monoisotopic (exact) mass is 501 g/mol.